The first-order chi connectivity index (χ1) is 9.93. The fourth-order valence-electron chi connectivity index (χ4n) is 2.64. The van der Waals surface area contributed by atoms with Crippen molar-refractivity contribution in [3.05, 3.63) is 66.0 Å². The van der Waals surface area contributed by atoms with Gasteiger partial charge in [0, 0.05) is 19.3 Å². The number of benzene rings is 1. The normalized spacial score (nSPS) is 19.9. The third-order valence-electron chi connectivity index (χ3n) is 3.69. The molecular weight excluding hydrogens is 248 g/mol. The summed E-state index contributed by atoms with van der Waals surface area (Å²) in [6.45, 7) is 1.77. The molecule has 1 saturated heterocycles. The molecule has 0 radical (unpaired) electrons. The van der Waals surface area contributed by atoms with E-state index in [2.05, 4.69) is 40.6 Å². The Morgan fingerprint density at radius 1 is 1.15 bits per heavy atom. The molecule has 2 heterocycles. The van der Waals surface area contributed by atoms with Crippen LogP contribution in [0.3, 0.4) is 0 Å². The molecule has 2 unspecified atom stereocenters. The molecule has 2 atom stereocenters. The van der Waals surface area contributed by atoms with Gasteiger partial charge in [0.25, 0.3) is 0 Å². The van der Waals surface area contributed by atoms with E-state index in [-0.39, 0.29) is 6.04 Å². The Bertz CT molecular complexity index is 470. The van der Waals surface area contributed by atoms with Gasteiger partial charge in [-0.05, 0) is 30.5 Å². The van der Waals surface area contributed by atoms with Crippen LogP contribution in [0.25, 0.3) is 0 Å². The van der Waals surface area contributed by atoms with Gasteiger partial charge in [0.05, 0.1) is 17.8 Å². The van der Waals surface area contributed by atoms with E-state index in [0.717, 1.165) is 25.3 Å². The van der Waals surface area contributed by atoms with Crippen LogP contribution in [0.4, 0.5) is 0 Å². The second-order valence-corrected chi connectivity index (χ2v) is 5.14. The van der Waals surface area contributed by atoms with E-state index in [1.807, 2.05) is 24.4 Å². The minimum Gasteiger partial charge on any atom is -0.377 e. The lowest BCUT2D eigenvalue weighted by Gasteiger charge is -2.21. The topological polar surface area (TPSA) is 34.1 Å². The van der Waals surface area contributed by atoms with Crippen molar-refractivity contribution in [1.82, 2.24) is 10.3 Å². The number of nitrogens with one attached hydrogen (secondary N) is 1. The van der Waals surface area contributed by atoms with Gasteiger partial charge in [-0.1, -0.05) is 36.4 Å². The predicted molar refractivity (Wildman–Crippen MR) is 79.5 cm³/mol. The molecule has 1 aromatic heterocycles. The van der Waals surface area contributed by atoms with Crippen LogP contribution in [0.1, 0.15) is 30.1 Å². The Hall–Kier alpha value is -1.71. The highest BCUT2D eigenvalue weighted by atomic mass is 16.5. The molecule has 1 aliphatic rings. The van der Waals surface area contributed by atoms with Gasteiger partial charge in [-0.3, -0.25) is 4.98 Å². The number of ether oxygens (including phenoxy) is 1. The molecule has 0 bridgehead atoms. The first-order valence-electron chi connectivity index (χ1n) is 7.24. The summed E-state index contributed by atoms with van der Waals surface area (Å²) >= 11 is 0. The van der Waals surface area contributed by atoms with Crippen molar-refractivity contribution >= 4 is 0 Å². The van der Waals surface area contributed by atoms with Crippen molar-refractivity contribution in [2.75, 3.05) is 13.2 Å². The standard InChI is InChI=1S/C17H20N2O/c1-2-7-14(8-3-1)17(16-10-4-5-11-18-16)19-13-15-9-6-12-20-15/h1-5,7-8,10-11,15,17,19H,6,9,12-13H2. The number of hydrogen-bond acceptors (Lipinski definition) is 3. The highest BCUT2D eigenvalue weighted by Gasteiger charge is 2.19. The molecule has 0 aliphatic carbocycles. The van der Waals surface area contributed by atoms with Gasteiger partial charge >= 0.3 is 0 Å². The van der Waals surface area contributed by atoms with E-state index >= 15 is 0 Å². The Labute approximate surface area is 120 Å². The number of rotatable bonds is 5. The van der Waals surface area contributed by atoms with Crippen molar-refractivity contribution in [3.8, 4) is 0 Å². The summed E-state index contributed by atoms with van der Waals surface area (Å²) in [5.74, 6) is 0. The van der Waals surface area contributed by atoms with Crippen molar-refractivity contribution in [2.45, 2.75) is 25.0 Å². The number of hydrogen-bond donors (Lipinski definition) is 1. The second-order valence-electron chi connectivity index (χ2n) is 5.14. The monoisotopic (exact) mass is 268 g/mol. The first-order valence-corrected chi connectivity index (χ1v) is 7.24. The Balaban J connectivity index is 1.76. The molecule has 1 aliphatic heterocycles. The maximum atomic E-state index is 5.69. The van der Waals surface area contributed by atoms with E-state index in [4.69, 9.17) is 4.74 Å². The molecule has 3 rings (SSSR count). The summed E-state index contributed by atoms with van der Waals surface area (Å²) in [5, 5.41) is 3.61. The predicted octanol–water partition coefficient (Wildman–Crippen LogP) is 2.94. The lowest BCUT2D eigenvalue weighted by Crippen LogP contribution is -2.31. The average Bonchev–Trinajstić information content (AvgIpc) is 3.03. The van der Waals surface area contributed by atoms with Crippen molar-refractivity contribution < 1.29 is 4.74 Å². The third-order valence-corrected chi connectivity index (χ3v) is 3.69. The maximum Gasteiger partial charge on any atom is 0.0752 e. The molecule has 0 amide bonds. The van der Waals surface area contributed by atoms with Crippen LogP contribution in [0.2, 0.25) is 0 Å². The quantitative estimate of drug-likeness (QED) is 0.905. The van der Waals surface area contributed by atoms with Gasteiger partial charge in [-0.25, -0.2) is 0 Å². The molecule has 2 aromatic rings. The van der Waals surface area contributed by atoms with Crippen LogP contribution >= 0.6 is 0 Å². The summed E-state index contributed by atoms with van der Waals surface area (Å²) in [4.78, 5) is 4.50. The zero-order valence-electron chi connectivity index (χ0n) is 11.5. The van der Waals surface area contributed by atoms with Crippen LogP contribution in [0.5, 0.6) is 0 Å². The summed E-state index contributed by atoms with van der Waals surface area (Å²) in [6.07, 6.45) is 4.51. The highest BCUT2D eigenvalue weighted by molar-refractivity contribution is 5.27. The van der Waals surface area contributed by atoms with E-state index in [0.29, 0.717) is 6.10 Å². The summed E-state index contributed by atoms with van der Waals surface area (Å²) in [7, 11) is 0. The smallest absolute Gasteiger partial charge is 0.0752 e. The van der Waals surface area contributed by atoms with Gasteiger partial charge < -0.3 is 10.1 Å². The zero-order chi connectivity index (χ0) is 13.6. The number of pyridine rings is 1. The van der Waals surface area contributed by atoms with Gasteiger partial charge in [0.15, 0.2) is 0 Å². The van der Waals surface area contributed by atoms with Gasteiger partial charge in [-0.15, -0.1) is 0 Å². The van der Waals surface area contributed by atoms with Gasteiger partial charge in [0.2, 0.25) is 0 Å². The van der Waals surface area contributed by atoms with Crippen molar-refractivity contribution in [1.29, 1.82) is 0 Å². The Morgan fingerprint density at radius 3 is 2.70 bits per heavy atom. The SMILES string of the molecule is c1ccc(C(NCC2CCCO2)c2ccccn2)cc1. The average molecular weight is 268 g/mol. The van der Waals surface area contributed by atoms with Crippen LogP contribution in [-0.2, 0) is 4.74 Å². The molecule has 3 nitrogen and oxygen atoms in total. The maximum absolute atomic E-state index is 5.69. The van der Waals surface area contributed by atoms with Crippen molar-refractivity contribution in [3.63, 3.8) is 0 Å². The lowest BCUT2D eigenvalue weighted by molar-refractivity contribution is 0.108. The largest absolute Gasteiger partial charge is 0.377 e. The van der Waals surface area contributed by atoms with Crippen LogP contribution in [0.15, 0.2) is 54.7 Å². The third kappa shape index (κ3) is 3.24. The van der Waals surface area contributed by atoms with Crippen LogP contribution in [-0.4, -0.2) is 24.2 Å². The van der Waals surface area contributed by atoms with Crippen LogP contribution in [0, 0.1) is 0 Å². The highest BCUT2D eigenvalue weighted by Crippen LogP contribution is 2.21. The molecule has 1 fully saturated rings. The number of aromatic nitrogens is 1. The molecule has 0 spiro atoms. The zero-order valence-corrected chi connectivity index (χ0v) is 11.5. The Morgan fingerprint density at radius 2 is 2.00 bits per heavy atom. The summed E-state index contributed by atoms with van der Waals surface area (Å²) in [5.41, 5.74) is 2.29. The van der Waals surface area contributed by atoms with Crippen molar-refractivity contribution in [2.24, 2.45) is 0 Å². The lowest BCUT2D eigenvalue weighted by atomic mass is 10.0. The molecule has 1 aromatic carbocycles. The summed E-state index contributed by atoms with van der Waals surface area (Å²) < 4.78 is 5.69. The van der Waals surface area contributed by atoms with E-state index in [1.54, 1.807) is 0 Å². The fourth-order valence-corrected chi connectivity index (χ4v) is 2.64. The minimum absolute atomic E-state index is 0.126. The van der Waals surface area contributed by atoms with Gasteiger partial charge in [0.1, 0.15) is 0 Å². The fraction of sp³-hybridized carbons (Fsp3) is 0.353. The van der Waals surface area contributed by atoms with E-state index in [1.165, 1.54) is 12.0 Å². The van der Waals surface area contributed by atoms with E-state index < -0.39 is 0 Å². The van der Waals surface area contributed by atoms with Gasteiger partial charge in [-0.2, -0.15) is 0 Å². The molecular formula is C17H20N2O. The van der Waals surface area contributed by atoms with E-state index in [9.17, 15) is 0 Å². The molecule has 0 saturated carbocycles. The summed E-state index contributed by atoms with van der Waals surface area (Å²) in [6, 6.07) is 16.6. The first kappa shape index (κ1) is 13.3. The Kier molecular flexibility index (Phi) is 4.41. The molecule has 3 heteroatoms. The van der Waals surface area contributed by atoms with Crippen LogP contribution < -0.4 is 5.32 Å². The number of nitrogens with zero attached hydrogens (tertiary/aromatic N) is 1. The molecule has 1 N–H and O–H groups in total. The second kappa shape index (κ2) is 6.64. The molecule has 20 heavy (non-hydrogen) atoms. The molecule has 104 valence electrons. The minimum atomic E-state index is 0.126.